The van der Waals surface area contributed by atoms with Crippen LogP contribution in [0.25, 0.3) is 0 Å². The maximum absolute atomic E-state index is 13.0. The normalized spacial score (nSPS) is 12.1. The summed E-state index contributed by atoms with van der Waals surface area (Å²) in [5, 5.41) is 3.42. The molecule has 0 aromatic carbocycles. The van der Waals surface area contributed by atoms with Crippen LogP contribution < -0.4 is 5.73 Å². The standard InChI is InChI=1S/C7H10F2N2O/c1-4-6(5(2)12-11-4)7(8,9)3-10/h3,10H2,1-2H3. The summed E-state index contributed by atoms with van der Waals surface area (Å²) >= 11 is 0. The van der Waals surface area contributed by atoms with Crippen LogP contribution >= 0.6 is 0 Å². The Balaban J connectivity index is 3.17. The fourth-order valence-electron chi connectivity index (χ4n) is 1.11. The highest BCUT2D eigenvalue weighted by atomic mass is 19.3. The van der Waals surface area contributed by atoms with Crippen LogP contribution in [-0.4, -0.2) is 11.7 Å². The maximum atomic E-state index is 13.0. The molecule has 0 unspecified atom stereocenters. The number of aromatic nitrogens is 1. The molecule has 5 heteroatoms. The van der Waals surface area contributed by atoms with Crippen molar-refractivity contribution in [1.82, 2.24) is 5.16 Å². The van der Waals surface area contributed by atoms with E-state index in [1.165, 1.54) is 13.8 Å². The molecule has 0 aliphatic rings. The molecule has 0 aliphatic heterocycles. The minimum Gasteiger partial charge on any atom is -0.361 e. The van der Waals surface area contributed by atoms with Gasteiger partial charge in [-0.25, -0.2) is 0 Å². The van der Waals surface area contributed by atoms with Crippen LogP contribution in [0.3, 0.4) is 0 Å². The lowest BCUT2D eigenvalue weighted by Gasteiger charge is -2.12. The van der Waals surface area contributed by atoms with Crippen LogP contribution in [0.15, 0.2) is 4.52 Å². The summed E-state index contributed by atoms with van der Waals surface area (Å²) in [4.78, 5) is 0. The van der Waals surface area contributed by atoms with Crippen molar-refractivity contribution in [2.45, 2.75) is 19.8 Å². The van der Waals surface area contributed by atoms with E-state index in [4.69, 9.17) is 5.73 Å². The Morgan fingerprint density at radius 1 is 1.50 bits per heavy atom. The zero-order valence-electron chi connectivity index (χ0n) is 6.90. The molecule has 0 spiro atoms. The molecule has 0 atom stereocenters. The van der Waals surface area contributed by atoms with Gasteiger partial charge in [0.05, 0.1) is 17.8 Å². The summed E-state index contributed by atoms with van der Waals surface area (Å²) in [6.45, 7) is 2.18. The fraction of sp³-hybridized carbons (Fsp3) is 0.571. The highest BCUT2D eigenvalue weighted by molar-refractivity contribution is 5.26. The van der Waals surface area contributed by atoms with Gasteiger partial charge in [-0.15, -0.1) is 0 Å². The van der Waals surface area contributed by atoms with Crippen molar-refractivity contribution < 1.29 is 13.3 Å². The zero-order chi connectivity index (χ0) is 9.35. The van der Waals surface area contributed by atoms with Crippen LogP contribution in [0.4, 0.5) is 8.78 Å². The van der Waals surface area contributed by atoms with E-state index >= 15 is 0 Å². The second kappa shape index (κ2) is 2.82. The predicted octanol–water partition coefficient (Wildman–Crippen LogP) is 1.34. The van der Waals surface area contributed by atoms with Crippen molar-refractivity contribution in [3.05, 3.63) is 17.0 Å². The second-order valence-electron chi connectivity index (χ2n) is 2.61. The highest BCUT2D eigenvalue weighted by Crippen LogP contribution is 2.31. The highest BCUT2D eigenvalue weighted by Gasteiger charge is 2.36. The van der Waals surface area contributed by atoms with Crippen LogP contribution in [0.5, 0.6) is 0 Å². The van der Waals surface area contributed by atoms with E-state index in [0.717, 1.165) is 0 Å². The van der Waals surface area contributed by atoms with E-state index in [9.17, 15) is 8.78 Å². The van der Waals surface area contributed by atoms with Gasteiger partial charge in [0.1, 0.15) is 5.76 Å². The molecule has 0 aliphatic carbocycles. The van der Waals surface area contributed by atoms with Gasteiger partial charge >= 0.3 is 0 Å². The smallest absolute Gasteiger partial charge is 0.290 e. The van der Waals surface area contributed by atoms with Gasteiger partial charge in [-0.05, 0) is 13.8 Å². The summed E-state index contributed by atoms with van der Waals surface area (Å²) in [7, 11) is 0. The summed E-state index contributed by atoms with van der Waals surface area (Å²) < 4.78 is 30.6. The fourth-order valence-corrected chi connectivity index (χ4v) is 1.11. The minimum atomic E-state index is -3.03. The van der Waals surface area contributed by atoms with Gasteiger partial charge in [0.2, 0.25) is 0 Å². The first-order valence-corrected chi connectivity index (χ1v) is 3.50. The summed E-state index contributed by atoms with van der Waals surface area (Å²) in [6, 6.07) is 0. The summed E-state index contributed by atoms with van der Waals surface area (Å²) in [5.41, 5.74) is 4.92. The van der Waals surface area contributed by atoms with Crippen molar-refractivity contribution in [3.63, 3.8) is 0 Å². The first-order valence-electron chi connectivity index (χ1n) is 3.50. The molecule has 0 saturated carbocycles. The SMILES string of the molecule is Cc1noc(C)c1C(F)(F)CN. The molecule has 1 heterocycles. The third-order valence-corrected chi connectivity index (χ3v) is 1.66. The van der Waals surface area contributed by atoms with E-state index in [2.05, 4.69) is 9.68 Å². The molecule has 0 bridgehead atoms. The van der Waals surface area contributed by atoms with Crippen LogP contribution in [0.2, 0.25) is 0 Å². The average molecular weight is 176 g/mol. The third kappa shape index (κ3) is 1.32. The molecule has 1 aromatic rings. The molecular formula is C7H10F2N2O. The van der Waals surface area contributed by atoms with Gasteiger partial charge in [-0.2, -0.15) is 8.78 Å². The molecule has 2 N–H and O–H groups in total. The van der Waals surface area contributed by atoms with Gasteiger partial charge in [0, 0.05) is 0 Å². The van der Waals surface area contributed by atoms with Crippen molar-refractivity contribution >= 4 is 0 Å². The number of nitrogens with two attached hydrogens (primary N) is 1. The molecule has 0 amide bonds. The second-order valence-corrected chi connectivity index (χ2v) is 2.61. The molecule has 1 rings (SSSR count). The first-order chi connectivity index (χ1) is 5.49. The third-order valence-electron chi connectivity index (χ3n) is 1.66. The topological polar surface area (TPSA) is 52.0 Å². The molecule has 0 saturated heterocycles. The molecular weight excluding hydrogens is 166 g/mol. The Labute approximate surface area is 68.5 Å². The molecule has 0 fully saturated rings. The number of halogens is 2. The number of hydrogen-bond acceptors (Lipinski definition) is 3. The van der Waals surface area contributed by atoms with Crippen molar-refractivity contribution in [3.8, 4) is 0 Å². The lowest BCUT2D eigenvalue weighted by molar-refractivity contribution is 0.00401. The van der Waals surface area contributed by atoms with Gasteiger partial charge < -0.3 is 10.3 Å². The summed E-state index contributed by atoms with van der Waals surface area (Å²) in [6.07, 6.45) is 0. The Hall–Kier alpha value is -0.970. The quantitative estimate of drug-likeness (QED) is 0.739. The number of alkyl halides is 2. The Bertz CT molecular complexity index is 263. The number of aryl methyl sites for hydroxylation is 2. The molecule has 68 valence electrons. The lowest BCUT2D eigenvalue weighted by atomic mass is 10.1. The van der Waals surface area contributed by atoms with Crippen LogP contribution in [0.1, 0.15) is 17.0 Å². The lowest BCUT2D eigenvalue weighted by Crippen LogP contribution is -2.26. The van der Waals surface area contributed by atoms with Gasteiger partial charge in [-0.3, -0.25) is 0 Å². The van der Waals surface area contributed by atoms with E-state index in [1.807, 2.05) is 0 Å². The number of hydrogen-bond donors (Lipinski definition) is 1. The van der Waals surface area contributed by atoms with E-state index < -0.39 is 12.5 Å². The van der Waals surface area contributed by atoms with Crippen LogP contribution in [-0.2, 0) is 5.92 Å². The number of nitrogens with zero attached hydrogens (tertiary/aromatic N) is 1. The monoisotopic (exact) mass is 176 g/mol. The van der Waals surface area contributed by atoms with Gasteiger partial charge in [0.25, 0.3) is 5.92 Å². The zero-order valence-corrected chi connectivity index (χ0v) is 6.90. The number of rotatable bonds is 2. The van der Waals surface area contributed by atoms with Crippen molar-refractivity contribution in [2.75, 3.05) is 6.54 Å². The molecule has 1 aromatic heterocycles. The molecule has 12 heavy (non-hydrogen) atoms. The van der Waals surface area contributed by atoms with Gasteiger partial charge in [-0.1, -0.05) is 5.16 Å². The predicted molar refractivity (Wildman–Crippen MR) is 38.9 cm³/mol. The van der Waals surface area contributed by atoms with Crippen molar-refractivity contribution in [1.29, 1.82) is 0 Å². The molecule has 0 radical (unpaired) electrons. The van der Waals surface area contributed by atoms with Crippen LogP contribution in [0, 0.1) is 13.8 Å². The van der Waals surface area contributed by atoms with E-state index in [1.54, 1.807) is 0 Å². The maximum Gasteiger partial charge on any atom is 0.290 e. The van der Waals surface area contributed by atoms with Gasteiger partial charge in [0.15, 0.2) is 0 Å². The first kappa shape index (κ1) is 9.12. The average Bonchev–Trinajstić information content (AvgIpc) is 2.31. The van der Waals surface area contributed by atoms with E-state index in [0.29, 0.717) is 0 Å². The minimum absolute atomic E-state index is 0.128. The Kier molecular flexibility index (Phi) is 2.14. The largest absolute Gasteiger partial charge is 0.361 e. The van der Waals surface area contributed by atoms with Crippen molar-refractivity contribution in [2.24, 2.45) is 5.73 Å². The summed E-state index contributed by atoms with van der Waals surface area (Å²) in [5.74, 6) is -2.91. The van der Waals surface area contributed by atoms with E-state index in [-0.39, 0.29) is 17.0 Å². The Morgan fingerprint density at radius 2 is 2.08 bits per heavy atom. The Morgan fingerprint density at radius 3 is 2.42 bits per heavy atom. The molecule has 3 nitrogen and oxygen atoms in total.